The first kappa shape index (κ1) is 16.7. The number of rotatable bonds is 4. The molecule has 2 aromatic carbocycles. The highest BCUT2D eigenvalue weighted by molar-refractivity contribution is 5.81. The Morgan fingerprint density at radius 3 is 2.57 bits per heavy atom. The molecule has 0 bridgehead atoms. The zero-order chi connectivity index (χ0) is 19.1. The molecule has 138 valence electrons. The first-order valence-electron chi connectivity index (χ1n) is 9.63. The van der Waals surface area contributed by atoms with Crippen molar-refractivity contribution >= 4 is 16.7 Å². The van der Waals surface area contributed by atoms with Crippen molar-refractivity contribution in [3.8, 4) is 16.9 Å². The summed E-state index contributed by atoms with van der Waals surface area (Å²) in [6, 6.07) is 20.7. The quantitative estimate of drug-likeness (QED) is 0.449. The molecule has 0 N–H and O–H groups in total. The Morgan fingerprint density at radius 2 is 1.75 bits per heavy atom. The van der Waals surface area contributed by atoms with E-state index in [0.717, 1.165) is 57.9 Å². The number of benzene rings is 2. The molecule has 5 rings (SSSR count). The molecule has 3 aromatic heterocycles. The second-order valence-electron chi connectivity index (χ2n) is 7.02. The van der Waals surface area contributed by atoms with Crippen molar-refractivity contribution in [2.45, 2.75) is 26.7 Å². The van der Waals surface area contributed by atoms with E-state index in [-0.39, 0.29) is 0 Å². The van der Waals surface area contributed by atoms with Gasteiger partial charge in [-0.2, -0.15) is 9.61 Å². The van der Waals surface area contributed by atoms with Crippen molar-refractivity contribution in [3.63, 3.8) is 0 Å². The van der Waals surface area contributed by atoms with Crippen molar-refractivity contribution in [1.82, 2.24) is 24.1 Å². The van der Waals surface area contributed by atoms with Crippen molar-refractivity contribution in [2.24, 2.45) is 0 Å². The number of hydrogen-bond acceptors (Lipinski definition) is 3. The van der Waals surface area contributed by atoms with Crippen LogP contribution in [0.2, 0.25) is 0 Å². The van der Waals surface area contributed by atoms with E-state index in [2.05, 4.69) is 52.9 Å². The summed E-state index contributed by atoms with van der Waals surface area (Å²) in [6.45, 7) is 4.23. The summed E-state index contributed by atoms with van der Waals surface area (Å²) < 4.78 is 4.05. The second-order valence-corrected chi connectivity index (χ2v) is 7.02. The van der Waals surface area contributed by atoms with Gasteiger partial charge in [0.15, 0.2) is 5.65 Å². The molecule has 0 unspecified atom stereocenters. The third-order valence-corrected chi connectivity index (χ3v) is 5.07. The van der Waals surface area contributed by atoms with Gasteiger partial charge in [-0.25, -0.2) is 9.97 Å². The summed E-state index contributed by atoms with van der Waals surface area (Å²) in [7, 11) is 0. The van der Waals surface area contributed by atoms with Gasteiger partial charge in [0.25, 0.3) is 0 Å². The molecule has 0 aliphatic carbocycles. The molecule has 5 nitrogen and oxygen atoms in total. The molecule has 0 aliphatic rings. The molecule has 0 fully saturated rings. The molecule has 5 heteroatoms. The Kier molecular flexibility index (Phi) is 3.93. The maximum atomic E-state index is 4.98. The highest BCUT2D eigenvalue weighted by Crippen LogP contribution is 2.29. The van der Waals surface area contributed by atoms with Crippen LogP contribution in [-0.2, 0) is 6.42 Å². The number of para-hydroxylation sites is 2. The summed E-state index contributed by atoms with van der Waals surface area (Å²) in [5.41, 5.74) is 7.19. The molecule has 5 aromatic rings. The van der Waals surface area contributed by atoms with Gasteiger partial charge in [0.2, 0.25) is 0 Å². The van der Waals surface area contributed by atoms with Gasteiger partial charge in [-0.05, 0) is 31.0 Å². The smallest absolute Gasteiger partial charge is 0.165 e. The topological polar surface area (TPSA) is 48.0 Å². The second kappa shape index (κ2) is 6.60. The van der Waals surface area contributed by atoms with Gasteiger partial charge in [-0.3, -0.25) is 4.57 Å². The maximum absolute atomic E-state index is 4.98. The summed E-state index contributed by atoms with van der Waals surface area (Å²) in [5.74, 6) is 0.965. The van der Waals surface area contributed by atoms with Gasteiger partial charge in [0, 0.05) is 17.3 Å². The van der Waals surface area contributed by atoms with E-state index in [0.29, 0.717) is 0 Å². The third kappa shape index (κ3) is 2.59. The minimum absolute atomic E-state index is 0.891. The molecular formula is C23H21N5. The fourth-order valence-corrected chi connectivity index (χ4v) is 3.80. The summed E-state index contributed by atoms with van der Waals surface area (Å²) in [6.07, 6.45) is 3.84. The Labute approximate surface area is 163 Å². The van der Waals surface area contributed by atoms with E-state index < -0.39 is 0 Å². The predicted molar refractivity (Wildman–Crippen MR) is 112 cm³/mol. The van der Waals surface area contributed by atoms with Gasteiger partial charge in [-0.1, -0.05) is 55.8 Å². The van der Waals surface area contributed by atoms with E-state index >= 15 is 0 Å². The van der Waals surface area contributed by atoms with Crippen LogP contribution in [0.25, 0.3) is 33.6 Å². The van der Waals surface area contributed by atoms with Gasteiger partial charge in [-0.15, -0.1) is 0 Å². The lowest BCUT2D eigenvalue weighted by Gasteiger charge is -2.10. The Morgan fingerprint density at radius 1 is 0.964 bits per heavy atom. The number of aryl methyl sites for hydroxylation is 2. The molecule has 0 saturated heterocycles. The first-order chi connectivity index (χ1) is 13.8. The van der Waals surface area contributed by atoms with Crippen LogP contribution in [0.5, 0.6) is 0 Å². The van der Waals surface area contributed by atoms with E-state index in [4.69, 9.17) is 10.1 Å². The van der Waals surface area contributed by atoms with Gasteiger partial charge >= 0.3 is 0 Å². The lowest BCUT2D eigenvalue weighted by molar-refractivity contribution is 0.819. The van der Waals surface area contributed by atoms with Crippen LogP contribution < -0.4 is 0 Å². The molecule has 28 heavy (non-hydrogen) atoms. The Balaban J connectivity index is 1.84. The number of aromatic nitrogens is 5. The molecule has 0 amide bonds. The van der Waals surface area contributed by atoms with Crippen LogP contribution in [0.15, 0.2) is 67.0 Å². The van der Waals surface area contributed by atoms with E-state index in [9.17, 15) is 0 Å². The van der Waals surface area contributed by atoms with Crippen LogP contribution in [0.3, 0.4) is 0 Å². The van der Waals surface area contributed by atoms with E-state index in [1.165, 1.54) is 0 Å². The van der Waals surface area contributed by atoms with Crippen LogP contribution in [-0.4, -0.2) is 24.1 Å². The van der Waals surface area contributed by atoms with Crippen molar-refractivity contribution in [2.75, 3.05) is 0 Å². The minimum atomic E-state index is 0.891. The molecule has 3 heterocycles. The zero-order valence-electron chi connectivity index (χ0n) is 16.0. The molecule has 0 atom stereocenters. The van der Waals surface area contributed by atoms with Crippen molar-refractivity contribution < 1.29 is 0 Å². The van der Waals surface area contributed by atoms with Gasteiger partial charge in [0.1, 0.15) is 12.1 Å². The standard InChI is InChI=1S/C23H21N5/c1-3-9-18-14-21(27-15-24-19-12-7-8-13-20(19)27)28-23(25-18)22(16(2)26-28)17-10-5-4-6-11-17/h4-8,10-15H,3,9H2,1-2H3. The van der Waals surface area contributed by atoms with Gasteiger partial charge < -0.3 is 0 Å². The highest BCUT2D eigenvalue weighted by atomic mass is 15.3. The Hall–Kier alpha value is -3.47. The maximum Gasteiger partial charge on any atom is 0.165 e. The van der Waals surface area contributed by atoms with Crippen molar-refractivity contribution in [3.05, 3.63) is 78.4 Å². The van der Waals surface area contributed by atoms with E-state index in [1.54, 1.807) is 0 Å². The largest absolute Gasteiger partial charge is 0.283 e. The predicted octanol–water partition coefficient (Wildman–Crippen LogP) is 5.00. The van der Waals surface area contributed by atoms with Crippen LogP contribution in [0.1, 0.15) is 24.7 Å². The lowest BCUT2D eigenvalue weighted by Crippen LogP contribution is -2.06. The number of nitrogens with zero attached hydrogens (tertiary/aromatic N) is 5. The molecule has 0 radical (unpaired) electrons. The fourth-order valence-electron chi connectivity index (χ4n) is 3.80. The third-order valence-electron chi connectivity index (χ3n) is 5.07. The number of imidazole rings is 1. The zero-order valence-corrected chi connectivity index (χ0v) is 16.0. The molecule has 0 saturated carbocycles. The fraction of sp³-hybridized carbons (Fsp3) is 0.174. The summed E-state index contributed by atoms with van der Waals surface area (Å²) in [4.78, 5) is 9.55. The van der Waals surface area contributed by atoms with Crippen LogP contribution in [0.4, 0.5) is 0 Å². The Bertz CT molecular complexity index is 1280. The lowest BCUT2D eigenvalue weighted by atomic mass is 10.1. The highest BCUT2D eigenvalue weighted by Gasteiger charge is 2.18. The first-order valence-corrected chi connectivity index (χ1v) is 9.63. The molecule has 0 spiro atoms. The number of fused-ring (bicyclic) bond motifs is 2. The average molecular weight is 367 g/mol. The van der Waals surface area contributed by atoms with Crippen LogP contribution >= 0.6 is 0 Å². The van der Waals surface area contributed by atoms with Crippen LogP contribution in [0, 0.1) is 6.92 Å². The monoisotopic (exact) mass is 367 g/mol. The van der Waals surface area contributed by atoms with Crippen molar-refractivity contribution in [1.29, 1.82) is 0 Å². The summed E-state index contributed by atoms with van der Waals surface area (Å²) in [5, 5.41) is 4.86. The van der Waals surface area contributed by atoms with Gasteiger partial charge in [0.05, 0.1) is 16.7 Å². The SMILES string of the molecule is CCCc1cc(-n2cnc3ccccc32)n2nc(C)c(-c3ccccc3)c2n1. The minimum Gasteiger partial charge on any atom is -0.283 e. The average Bonchev–Trinajstić information content (AvgIpc) is 3.29. The number of hydrogen-bond donors (Lipinski definition) is 0. The molecular weight excluding hydrogens is 346 g/mol. The summed E-state index contributed by atoms with van der Waals surface area (Å²) >= 11 is 0. The normalized spacial score (nSPS) is 11.5. The van der Waals surface area contributed by atoms with E-state index in [1.807, 2.05) is 42.0 Å². The molecule has 0 aliphatic heterocycles.